The molecule has 2 rings (SSSR count). The first-order valence-corrected chi connectivity index (χ1v) is 10.0. The molecule has 1 saturated carbocycles. The molecule has 1 aromatic rings. The molecule has 124 valence electrons. The monoisotopic (exact) mass is 319 g/mol. The lowest BCUT2D eigenvalue weighted by Gasteiger charge is -2.26. The minimum absolute atomic E-state index is 0.538. The second kappa shape index (κ2) is 8.86. The largest absolute Gasteiger partial charge is 0.383 e. The maximum absolute atomic E-state index is 3.66. The first-order valence-electron chi connectivity index (χ1n) is 9.06. The molecule has 2 atom stereocenters. The van der Waals surface area contributed by atoms with Crippen molar-refractivity contribution in [1.29, 1.82) is 0 Å². The summed E-state index contributed by atoms with van der Waals surface area (Å²) < 4.78 is 0. The molecule has 0 amide bonds. The molecule has 0 saturated heterocycles. The van der Waals surface area contributed by atoms with Gasteiger partial charge in [-0.3, -0.25) is 0 Å². The van der Waals surface area contributed by atoms with Crippen LogP contribution in [0.4, 0.5) is 5.69 Å². The summed E-state index contributed by atoms with van der Waals surface area (Å²) in [4.78, 5) is 0. The molecule has 1 aromatic carbocycles. The van der Waals surface area contributed by atoms with E-state index >= 15 is 0 Å². The minimum atomic E-state index is 0.538. The van der Waals surface area contributed by atoms with Crippen LogP contribution >= 0.6 is 11.8 Å². The molecule has 1 fully saturated rings. The van der Waals surface area contributed by atoms with Crippen molar-refractivity contribution in [3.63, 3.8) is 0 Å². The maximum atomic E-state index is 3.66. The van der Waals surface area contributed by atoms with Crippen LogP contribution in [0.2, 0.25) is 0 Å². The molecule has 2 heteroatoms. The van der Waals surface area contributed by atoms with Crippen LogP contribution in [0.3, 0.4) is 0 Å². The minimum Gasteiger partial charge on any atom is -0.383 e. The van der Waals surface area contributed by atoms with Crippen LogP contribution in [0, 0.1) is 0 Å². The number of nitrogens with one attached hydrogen (secondary N) is 1. The molecule has 1 aliphatic carbocycles. The number of benzene rings is 1. The lowest BCUT2D eigenvalue weighted by Crippen LogP contribution is -2.21. The van der Waals surface area contributed by atoms with Gasteiger partial charge >= 0.3 is 0 Å². The fourth-order valence-corrected chi connectivity index (χ4v) is 5.05. The van der Waals surface area contributed by atoms with Crippen molar-refractivity contribution in [1.82, 2.24) is 0 Å². The highest BCUT2D eigenvalue weighted by molar-refractivity contribution is 8.00. The predicted octanol–water partition coefficient (Wildman–Crippen LogP) is 6.45. The van der Waals surface area contributed by atoms with Crippen LogP contribution in [0.25, 0.3) is 0 Å². The van der Waals surface area contributed by atoms with Crippen LogP contribution in [-0.4, -0.2) is 16.5 Å². The first kappa shape index (κ1) is 17.7. The van der Waals surface area contributed by atoms with Gasteiger partial charge in [0.15, 0.2) is 0 Å². The summed E-state index contributed by atoms with van der Waals surface area (Å²) >= 11 is 2.23. The van der Waals surface area contributed by atoms with Crippen molar-refractivity contribution < 1.29 is 0 Å². The van der Waals surface area contributed by atoms with Gasteiger partial charge in [-0.1, -0.05) is 52.2 Å². The van der Waals surface area contributed by atoms with Gasteiger partial charge in [0.2, 0.25) is 0 Å². The van der Waals surface area contributed by atoms with Gasteiger partial charge in [-0.05, 0) is 49.8 Å². The van der Waals surface area contributed by atoms with E-state index in [9.17, 15) is 0 Å². The van der Waals surface area contributed by atoms with E-state index in [1.807, 2.05) is 0 Å². The Morgan fingerprint density at radius 3 is 2.23 bits per heavy atom. The second-order valence-corrected chi connectivity index (χ2v) is 9.01. The van der Waals surface area contributed by atoms with Crippen LogP contribution in [-0.2, 0) is 0 Å². The van der Waals surface area contributed by atoms with Crippen LogP contribution in [0.5, 0.6) is 0 Å². The van der Waals surface area contributed by atoms with Crippen molar-refractivity contribution in [2.75, 3.05) is 5.32 Å². The van der Waals surface area contributed by atoms with Crippen molar-refractivity contribution in [2.24, 2.45) is 0 Å². The molecule has 1 aliphatic rings. The Morgan fingerprint density at radius 2 is 1.64 bits per heavy atom. The predicted molar refractivity (Wildman–Crippen MR) is 102 cm³/mol. The van der Waals surface area contributed by atoms with E-state index in [1.54, 1.807) is 0 Å². The second-order valence-electron chi connectivity index (χ2n) is 7.26. The number of thioether (sulfide) groups is 1. The molecule has 0 radical (unpaired) electrons. The normalized spacial score (nSPS) is 19.1. The SMILES string of the molecule is CC(CC(C)SC1CCCCC1)Nc1ccc(C(C)C)cc1. The van der Waals surface area contributed by atoms with E-state index in [0.717, 1.165) is 10.5 Å². The smallest absolute Gasteiger partial charge is 0.0342 e. The number of rotatable bonds is 7. The van der Waals surface area contributed by atoms with Gasteiger partial charge in [0.25, 0.3) is 0 Å². The Morgan fingerprint density at radius 1 is 1.00 bits per heavy atom. The maximum Gasteiger partial charge on any atom is 0.0342 e. The summed E-state index contributed by atoms with van der Waals surface area (Å²) in [7, 11) is 0. The summed E-state index contributed by atoms with van der Waals surface area (Å²) in [5.74, 6) is 0.610. The van der Waals surface area contributed by atoms with E-state index < -0.39 is 0 Å². The van der Waals surface area contributed by atoms with Crippen molar-refractivity contribution in [3.05, 3.63) is 29.8 Å². The molecule has 0 heterocycles. The zero-order chi connectivity index (χ0) is 15.9. The van der Waals surface area contributed by atoms with Gasteiger partial charge in [-0.15, -0.1) is 0 Å². The lowest BCUT2D eigenvalue weighted by atomic mass is 10.0. The molecule has 0 bridgehead atoms. The zero-order valence-electron chi connectivity index (χ0n) is 14.8. The van der Waals surface area contributed by atoms with Crippen LogP contribution in [0.15, 0.2) is 24.3 Å². The highest BCUT2D eigenvalue weighted by Crippen LogP contribution is 2.32. The summed E-state index contributed by atoms with van der Waals surface area (Å²) in [5.41, 5.74) is 2.67. The molecular formula is C20H33NS. The van der Waals surface area contributed by atoms with E-state index in [2.05, 4.69) is 69.0 Å². The Balaban J connectivity index is 1.75. The molecule has 0 aromatic heterocycles. The Bertz CT molecular complexity index is 420. The van der Waals surface area contributed by atoms with Crippen LogP contribution in [0.1, 0.15) is 77.7 Å². The molecule has 22 heavy (non-hydrogen) atoms. The van der Waals surface area contributed by atoms with Gasteiger partial charge in [0.05, 0.1) is 0 Å². The molecule has 0 spiro atoms. The number of hydrogen-bond donors (Lipinski definition) is 1. The highest BCUT2D eigenvalue weighted by atomic mass is 32.2. The molecule has 1 nitrogen and oxygen atoms in total. The molecule has 0 aliphatic heterocycles. The average molecular weight is 320 g/mol. The van der Waals surface area contributed by atoms with Gasteiger partial charge < -0.3 is 5.32 Å². The summed E-state index contributed by atoms with van der Waals surface area (Å²) in [5, 5.41) is 5.33. The van der Waals surface area contributed by atoms with E-state index in [4.69, 9.17) is 0 Å². The Hall–Kier alpha value is -0.630. The van der Waals surface area contributed by atoms with E-state index in [1.165, 1.54) is 49.8 Å². The van der Waals surface area contributed by atoms with Gasteiger partial charge in [-0.25, -0.2) is 0 Å². The Labute approximate surface area is 141 Å². The lowest BCUT2D eigenvalue weighted by molar-refractivity contribution is 0.514. The third kappa shape index (κ3) is 5.87. The van der Waals surface area contributed by atoms with E-state index in [-0.39, 0.29) is 0 Å². The summed E-state index contributed by atoms with van der Waals surface area (Å²) in [6, 6.07) is 9.49. The Kier molecular flexibility index (Phi) is 7.14. The summed E-state index contributed by atoms with van der Waals surface area (Å²) in [6.45, 7) is 9.21. The fraction of sp³-hybridized carbons (Fsp3) is 0.700. The third-order valence-electron chi connectivity index (χ3n) is 4.65. The number of anilines is 1. The van der Waals surface area contributed by atoms with Gasteiger partial charge in [0.1, 0.15) is 0 Å². The third-order valence-corrected chi connectivity index (χ3v) is 6.17. The van der Waals surface area contributed by atoms with Gasteiger partial charge in [0, 0.05) is 22.2 Å². The topological polar surface area (TPSA) is 12.0 Å². The standard InChI is InChI=1S/C20H33NS/c1-15(2)18-10-12-19(13-11-18)21-16(3)14-17(4)22-20-8-6-5-7-9-20/h10-13,15-17,20-21H,5-9,14H2,1-4H3. The van der Waals surface area contributed by atoms with Crippen molar-refractivity contribution in [3.8, 4) is 0 Å². The van der Waals surface area contributed by atoms with Gasteiger partial charge in [-0.2, -0.15) is 11.8 Å². The fourth-order valence-electron chi connectivity index (χ4n) is 3.39. The van der Waals surface area contributed by atoms with Crippen molar-refractivity contribution >= 4 is 17.4 Å². The van der Waals surface area contributed by atoms with E-state index in [0.29, 0.717) is 12.0 Å². The van der Waals surface area contributed by atoms with Crippen molar-refractivity contribution in [2.45, 2.75) is 88.7 Å². The highest BCUT2D eigenvalue weighted by Gasteiger charge is 2.18. The number of hydrogen-bond acceptors (Lipinski definition) is 2. The molecular weight excluding hydrogens is 286 g/mol. The van der Waals surface area contributed by atoms with Crippen LogP contribution < -0.4 is 5.32 Å². The average Bonchev–Trinajstić information content (AvgIpc) is 2.48. The molecule has 2 unspecified atom stereocenters. The molecule has 1 N–H and O–H groups in total. The quantitative estimate of drug-likeness (QED) is 0.619. The first-order chi connectivity index (χ1) is 10.5. The summed E-state index contributed by atoms with van der Waals surface area (Å²) in [6.07, 6.45) is 8.46. The zero-order valence-corrected chi connectivity index (χ0v) is 15.6.